The van der Waals surface area contributed by atoms with E-state index >= 15 is 0 Å². The van der Waals surface area contributed by atoms with Crippen molar-refractivity contribution in [3.63, 3.8) is 0 Å². The lowest BCUT2D eigenvalue weighted by Gasteiger charge is -2.20. The van der Waals surface area contributed by atoms with Crippen LogP contribution in [0, 0.1) is 10.1 Å². The van der Waals surface area contributed by atoms with E-state index in [-0.39, 0.29) is 11.2 Å². The molecule has 1 heterocycles. The molecule has 1 aromatic carbocycles. The lowest BCUT2D eigenvalue weighted by Crippen LogP contribution is -2.38. The minimum atomic E-state index is -0.441. The second-order valence-corrected chi connectivity index (χ2v) is 5.56. The summed E-state index contributed by atoms with van der Waals surface area (Å²) in [6.45, 7) is 0. The van der Waals surface area contributed by atoms with Crippen molar-refractivity contribution in [3.05, 3.63) is 40.3 Å². The Bertz CT molecular complexity index is 644. The molecule has 0 radical (unpaired) electrons. The van der Waals surface area contributed by atoms with Crippen molar-refractivity contribution >= 4 is 5.69 Å². The van der Waals surface area contributed by atoms with E-state index in [1.54, 1.807) is 12.1 Å². The maximum absolute atomic E-state index is 10.6. The number of hydrogen-bond donors (Lipinski definition) is 1. The Morgan fingerprint density at radius 3 is 2.57 bits per heavy atom. The summed E-state index contributed by atoms with van der Waals surface area (Å²) in [6, 6.07) is 6.07. The van der Waals surface area contributed by atoms with Crippen LogP contribution in [0.15, 0.2) is 28.8 Å². The molecule has 2 aromatic rings. The van der Waals surface area contributed by atoms with Crippen LogP contribution in [0.5, 0.6) is 0 Å². The first-order valence-electron chi connectivity index (χ1n) is 6.92. The highest BCUT2D eigenvalue weighted by Crippen LogP contribution is 2.30. The summed E-state index contributed by atoms with van der Waals surface area (Å²) in [7, 11) is 0. The Balaban J connectivity index is 1.76. The van der Waals surface area contributed by atoms with Crippen LogP contribution in [0.25, 0.3) is 11.4 Å². The zero-order valence-electron chi connectivity index (χ0n) is 11.5. The van der Waals surface area contributed by atoms with Crippen LogP contribution in [0.3, 0.4) is 0 Å². The van der Waals surface area contributed by atoms with E-state index in [0.717, 1.165) is 25.7 Å². The monoisotopic (exact) mass is 288 g/mol. The van der Waals surface area contributed by atoms with Gasteiger partial charge < -0.3 is 10.3 Å². The third kappa shape index (κ3) is 2.92. The van der Waals surface area contributed by atoms with Gasteiger partial charge in [-0.2, -0.15) is 4.98 Å². The Hall–Kier alpha value is -2.28. The fraction of sp³-hybridized carbons (Fsp3) is 0.429. The molecule has 1 aliphatic rings. The van der Waals surface area contributed by atoms with Crippen LogP contribution in [0.2, 0.25) is 0 Å². The predicted octanol–water partition coefficient (Wildman–Crippen LogP) is 2.46. The fourth-order valence-electron chi connectivity index (χ4n) is 2.73. The number of nitro benzene ring substituents is 1. The third-order valence-electron chi connectivity index (χ3n) is 3.91. The number of non-ortho nitro benzene ring substituents is 1. The summed E-state index contributed by atoms with van der Waals surface area (Å²) in [5, 5.41) is 14.5. The lowest BCUT2D eigenvalue weighted by atomic mass is 9.95. The number of nitro groups is 1. The molecule has 1 aromatic heterocycles. The van der Waals surface area contributed by atoms with Crippen LogP contribution in [0.4, 0.5) is 5.69 Å². The molecule has 0 spiro atoms. The minimum Gasteiger partial charge on any atom is -0.339 e. The number of aromatic nitrogens is 2. The molecule has 0 unspecified atom stereocenters. The summed E-state index contributed by atoms with van der Waals surface area (Å²) in [5.41, 5.74) is 6.78. The molecule has 110 valence electrons. The quantitative estimate of drug-likeness (QED) is 0.683. The standard InChI is InChI=1S/C14H16N4O3/c15-14(7-1-2-8-14)9-12-16-13(17-21-12)10-3-5-11(6-4-10)18(19)20/h3-6H,1-2,7-9,15H2. The van der Waals surface area contributed by atoms with Crippen LogP contribution in [-0.2, 0) is 6.42 Å². The van der Waals surface area contributed by atoms with Gasteiger partial charge in [0.2, 0.25) is 11.7 Å². The topological polar surface area (TPSA) is 108 Å². The molecule has 0 aliphatic heterocycles. The average molecular weight is 288 g/mol. The molecule has 1 aliphatic carbocycles. The molecule has 0 amide bonds. The largest absolute Gasteiger partial charge is 0.339 e. The van der Waals surface area contributed by atoms with E-state index in [4.69, 9.17) is 10.3 Å². The van der Waals surface area contributed by atoms with Crippen molar-refractivity contribution < 1.29 is 9.45 Å². The van der Waals surface area contributed by atoms with E-state index in [1.807, 2.05) is 0 Å². The van der Waals surface area contributed by atoms with Gasteiger partial charge in [-0.3, -0.25) is 10.1 Å². The highest BCUT2D eigenvalue weighted by molar-refractivity contribution is 5.56. The molecule has 2 N–H and O–H groups in total. The molecule has 7 heteroatoms. The second-order valence-electron chi connectivity index (χ2n) is 5.56. The molecular weight excluding hydrogens is 272 g/mol. The van der Waals surface area contributed by atoms with Crippen LogP contribution < -0.4 is 5.73 Å². The van der Waals surface area contributed by atoms with Gasteiger partial charge in [-0.05, 0) is 25.0 Å². The first-order chi connectivity index (χ1) is 10.1. The van der Waals surface area contributed by atoms with Crippen molar-refractivity contribution in [3.8, 4) is 11.4 Å². The van der Waals surface area contributed by atoms with Crippen LogP contribution >= 0.6 is 0 Å². The summed E-state index contributed by atoms with van der Waals surface area (Å²) in [5.74, 6) is 0.953. The molecule has 0 atom stereocenters. The van der Waals surface area contributed by atoms with Gasteiger partial charge in [0.05, 0.1) is 4.92 Å². The number of hydrogen-bond acceptors (Lipinski definition) is 6. The first kappa shape index (κ1) is 13.7. The number of benzene rings is 1. The highest BCUT2D eigenvalue weighted by atomic mass is 16.6. The van der Waals surface area contributed by atoms with Crippen molar-refractivity contribution in [2.45, 2.75) is 37.6 Å². The van der Waals surface area contributed by atoms with E-state index in [1.165, 1.54) is 12.1 Å². The SMILES string of the molecule is NC1(Cc2nc(-c3ccc([N+](=O)[O-])cc3)no2)CCCC1. The smallest absolute Gasteiger partial charge is 0.269 e. The molecular formula is C14H16N4O3. The number of nitrogens with zero attached hydrogens (tertiary/aromatic N) is 3. The normalized spacial score (nSPS) is 17.0. The summed E-state index contributed by atoms with van der Waals surface area (Å²) >= 11 is 0. The third-order valence-corrected chi connectivity index (χ3v) is 3.91. The van der Waals surface area contributed by atoms with E-state index < -0.39 is 4.92 Å². The molecule has 21 heavy (non-hydrogen) atoms. The first-order valence-corrected chi connectivity index (χ1v) is 6.92. The Labute approximate surface area is 121 Å². The Morgan fingerprint density at radius 2 is 1.95 bits per heavy atom. The Kier molecular flexibility index (Phi) is 3.42. The van der Waals surface area contributed by atoms with Gasteiger partial charge in [-0.15, -0.1) is 0 Å². The zero-order valence-corrected chi connectivity index (χ0v) is 11.5. The average Bonchev–Trinajstić information content (AvgIpc) is 3.09. The maximum Gasteiger partial charge on any atom is 0.269 e. The van der Waals surface area contributed by atoms with Gasteiger partial charge in [-0.1, -0.05) is 18.0 Å². The van der Waals surface area contributed by atoms with Crippen LogP contribution in [-0.4, -0.2) is 20.6 Å². The van der Waals surface area contributed by atoms with E-state index in [9.17, 15) is 10.1 Å². The van der Waals surface area contributed by atoms with Crippen molar-refractivity contribution in [2.75, 3.05) is 0 Å². The molecule has 0 saturated heterocycles. The zero-order chi connectivity index (χ0) is 14.9. The van der Waals surface area contributed by atoms with Gasteiger partial charge in [0.15, 0.2) is 0 Å². The number of rotatable bonds is 4. The van der Waals surface area contributed by atoms with Crippen molar-refractivity contribution in [1.82, 2.24) is 10.1 Å². The second kappa shape index (κ2) is 5.25. The van der Waals surface area contributed by atoms with Gasteiger partial charge in [0.25, 0.3) is 5.69 Å². The van der Waals surface area contributed by atoms with Gasteiger partial charge in [0.1, 0.15) is 0 Å². The van der Waals surface area contributed by atoms with Crippen LogP contribution in [0.1, 0.15) is 31.6 Å². The molecule has 1 saturated carbocycles. The molecule has 1 fully saturated rings. The lowest BCUT2D eigenvalue weighted by molar-refractivity contribution is -0.384. The summed E-state index contributed by atoms with van der Waals surface area (Å²) in [4.78, 5) is 14.5. The van der Waals surface area contributed by atoms with Crippen molar-refractivity contribution in [1.29, 1.82) is 0 Å². The minimum absolute atomic E-state index is 0.0364. The highest BCUT2D eigenvalue weighted by Gasteiger charge is 2.31. The maximum atomic E-state index is 10.6. The summed E-state index contributed by atoms with van der Waals surface area (Å²) < 4.78 is 5.25. The van der Waals surface area contributed by atoms with Gasteiger partial charge >= 0.3 is 0 Å². The van der Waals surface area contributed by atoms with Gasteiger partial charge in [0, 0.05) is 29.7 Å². The van der Waals surface area contributed by atoms with E-state index in [2.05, 4.69) is 10.1 Å². The fourth-order valence-corrected chi connectivity index (χ4v) is 2.73. The Morgan fingerprint density at radius 1 is 1.29 bits per heavy atom. The van der Waals surface area contributed by atoms with Crippen molar-refractivity contribution in [2.24, 2.45) is 5.73 Å². The predicted molar refractivity (Wildman–Crippen MR) is 75.5 cm³/mol. The number of nitrogens with two attached hydrogens (primary N) is 1. The molecule has 7 nitrogen and oxygen atoms in total. The van der Waals surface area contributed by atoms with Gasteiger partial charge in [-0.25, -0.2) is 0 Å². The summed E-state index contributed by atoms with van der Waals surface area (Å²) in [6.07, 6.45) is 4.80. The molecule has 0 bridgehead atoms. The van der Waals surface area contributed by atoms with E-state index in [0.29, 0.717) is 23.7 Å². The molecule has 3 rings (SSSR count).